The zero-order valence-corrected chi connectivity index (χ0v) is 11.0. The lowest BCUT2D eigenvalue weighted by Gasteiger charge is -2.37. The van der Waals surface area contributed by atoms with Crippen LogP contribution in [0.3, 0.4) is 0 Å². The van der Waals surface area contributed by atoms with Crippen LogP contribution >= 0.6 is 0 Å². The summed E-state index contributed by atoms with van der Waals surface area (Å²) in [5.41, 5.74) is 5.32. The maximum absolute atomic E-state index is 11.3. The van der Waals surface area contributed by atoms with Gasteiger partial charge in [-0.2, -0.15) is 0 Å². The van der Waals surface area contributed by atoms with Crippen molar-refractivity contribution in [1.82, 2.24) is 5.32 Å². The van der Waals surface area contributed by atoms with E-state index < -0.39 is 48.4 Å². The fourth-order valence-electron chi connectivity index (χ4n) is 1.86. The number of ether oxygens (including phenoxy) is 1. The quantitative estimate of drug-likeness (QED) is 0.308. The maximum Gasteiger partial charge on any atom is 0.332 e. The van der Waals surface area contributed by atoms with Gasteiger partial charge in [0.1, 0.15) is 18.3 Å². The molecule has 0 radical (unpaired) electrons. The Morgan fingerprint density at radius 2 is 2.05 bits per heavy atom. The van der Waals surface area contributed by atoms with E-state index in [0.717, 1.165) is 0 Å². The van der Waals surface area contributed by atoms with E-state index in [2.05, 4.69) is 5.32 Å². The van der Waals surface area contributed by atoms with Gasteiger partial charge in [0, 0.05) is 13.0 Å². The van der Waals surface area contributed by atoms with E-state index in [-0.39, 0.29) is 13.0 Å². The molecule has 1 aliphatic rings. The number of nitrogens with one attached hydrogen (secondary N) is 1. The molecule has 0 aliphatic carbocycles. The molecule has 0 aromatic carbocycles. The van der Waals surface area contributed by atoms with Crippen molar-refractivity contribution in [2.75, 3.05) is 6.54 Å². The monoisotopic (exact) mass is 292 g/mol. The van der Waals surface area contributed by atoms with Crippen LogP contribution in [0.5, 0.6) is 0 Å². The topological polar surface area (TPSA) is 162 Å². The van der Waals surface area contributed by atoms with Crippen LogP contribution in [0.2, 0.25) is 0 Å². The summed E-state index contributed by atoms with van der Waals surface area (Å²) >= 11 is 0. The third kappa shape index (κ3) is 4.12. The highest BCUT2D eigenvalue weighted by Crippen LogP contribution is 2.22. The summed E-state index contributed by atoms with van der Waals surface area (Å²) in [7, 11) is 0. The minimum atomic E-state index is -1.44. The highest BCUT2D eigenvalue weighted by Gasteiger charge is 2.43. The molecule has 1 aliphatic heterocycles. The van der Waals surface area contributed by atoms with Crippen LogP contribution in [0, 0.1) is 0 Å². The van der Waals surface area contributed by atoms with Crippen LogP contribution in [0.15, 0.2) is 0 Å². The van der Waals surface area contributed by atoms with Gasteiger partial charge in [0.2, 0.25) is 5.91 Å². The predicted octanol–water partition coefficient (Wildman–Crippen LogP) is -3.23. The van der Waals surface area contributed by atoms with Crippen LogP contribution in [0.25, 0.3) is 0 Å². The van der Waals surface area contributed by atoms with Gasteiger partial charge in [0.25, 0.3) is 0 Å². The molecule has 0 spiro atoms. The minimum Gasteiger partial charge on any atom is -0.479 e. The second-order valence-corrected chi connectivity index (χ2v) is 4.82. The van der Waals surface area contributed by atoms with E-state index >= 15 is 0 Å². The second kappa shape index (κ2) is 6.95. The first-order valence-corrected chi connectivity index (χ1v) is 6.19. The van der Waals surface area contributed by atoms with Gasteiger partial charge in [0.15, 0.2) is 6.10 Å². The summed E-state index contributed by atoms with van der Waals surface area (Å²) < 4.78 is 5.04. The summed E-state index contributed by atoms with van der Waals surface area (Å²) in [4.78, 5) is 22.1. The molecule has 0 bridgehead atoms. The molecule has 1 saturated heterocycles. The number of carboxylic acids is 1. The van der Waals surface area contributed by atoms with Gasteiger partial charge in [-0.1, -0.05) is 0 Å². The smallest absolute Gasteiger partial charge is 0.332 e. The molecule has 0 unspecified atom stereocenters. The minimum absolute atomic E-state index is 0.272. The van der Waals surface area contributed by atoms with Gasteiger partial charge >= 0.3 is 5.97 Å². The van der Waals surface area contributed by atoms with Crippen molar-refractivity contribution in [2.45, 2.75) is 49.9 Å². The van der Waals surface area contributed by atoms with E-state index in [4.69, 9.17) is 15.6 Å². The van der Waals surface area contributed by atoms with Crippen LogP contribution in [-0.4, -0.2) is 75.4 Å². The Bertz CT molecular complexity index is 363. The number of aliphatic carboxylic acids is 1. The summed E-state index contributed by atoms with van der Waals surface area (Å²) in [5, 5.41) is 40.3. The van der Waals surface area contributed by atoms with Crippen LogP contribution < -0.4 is 11.1 Å². The highest BCUT2D eigenvalue weighted by atomic mass is 16.5. The Hall–Kier alpha value is -1.26. The zero-order chi connectivity index (χ0) is 15.4. The van der Waals surface area contributed by atoms with Gasteiger partial charge in [-0.05, 0) is 6.92 Å². The molecule has 1 heterocycles. The first-order valence-electron chi connectivity index (χ1n) is 6.19. The fraction of sp³-hybridized carbons (Fsp3) is 0.818. The molecule has 0 aromatic rings. The molecular weight excluding hydrogens is 272 g/mol. The third-order valence-corrected chi connectivity index (χ3v) is 3.06. The van der Waals surface area contributed by atoms with Crippen LogP contribution in [-0.2, 0) is 14.3 Å². The summed E-state index contributed by atoms with van der Waals surface area (Å²) in [6.45, 7) is 1.18. The summed E-state index contributed by atoms with van der Waals surface area (Å²) in [6, 6.07) is -0.767. The molecule has 1 fully saturated rings. The average Bonchev–Trinajstić information content (AvgIpc) is 2.37. The van der Waals surface area contributed by atoms with Crippen molar-refractivity contribution < 1.29 is 34.8 Å². The molecule has 1 rings (SSSR count). The number of carbonyl (C=O) groups excluding carboxylic acids is 1. The Kier molecular flexibility index (Phi) is 5.84. The number of amides is 1. The first kappa shape index (κ1) is 16.8. The van der Waals surface area contributed by atoms with E-state index in [1.54, 1.807) is 0 Å². The lowest BCUT2D eigenvalue weighted by Crippen LogP contribution is -2.57. The number of aliphatic hydroxyl groups is 3. The molecule has 9 nitrogen and oxygen atoms in total. The zero-order valence-electron chi connectivity index (χ0n) is 11.0. The standard InChI is InChI=1S/C11H20N2O7/c1-4(12)10(17)13-3-6(15)9-8(16)5(14)2-7(20-9)11(18)19/h4-9,14-16H,2-3,12H2,1H3,(H,13,17)(H,18,19)/t4-,5+,6+,7-,8+,9+/m0/s1. The molecule has 1 amide bonds. The van der Waals surface area contributed by atoms with E-state index in [0.29, 0.717) is 0 Å². The number of carboxylic acid groups (broad SMARTS) is 1. The van der Waals surface area contributed by atoms with Crippen molar-refractivity contribution in [3.8, 4) is 0 Å². The maximum atomic E-state index is 11.3. The molecule has 0 aromatic heterocycles. The number of nitrogens with two attached hydrogens (primary N) is 1. The largest absolute Gasteiger partial charge is 0.479 e. The summed E-state index contributed by atoms with van der Waals surface area (Å²) in [5.74, 6) is -1.81. The van der Waals surface area contributed by atoms with Crippen molar-refractivity contribution >= 4 is 11.9 Å². The lowest BCUT2D eigenvalue weighted by molar-refractivity contribution is -0.208. The number of aliphatic hydroxyl groups excluding tert-OH is 3. The average molecular weight is 292 g/mol. The Balaban J connectivity index is 2.62. The van der Waals surface area contributed by atoms with Gasteiger partial charge in [-0.3, -0.25) is 4.79 Å². The summed E-state index contributed by atoms with van der Waals surface area (Å²) in [6.07, 6.45) is -7.04. The lowest BCUT2D eigenvalue weighted by atomic mass is 9.94. The van der Waals surface area contributed by atoms with Gasteiger partial charge in [-0.15, -0.1) is 0 Å². The van der Waals surface area contributed by atoms with Crippen molar-refractivity contribution in [3.05, 3.63) is 0 Å². The number of rotatable bonds is 5. The molecule has 0 saturated carbocycles. The van der Waals surface area contributed by atoms with Crippen molar-refractivity contribution in [3.63, 3.8) is 0 Å². The van der Waals surface area contributed by atoms with Gasteiger partial charge in [0.05, 0.1) is 12.1 Å². The number of carbonyl (C=O) groups is 2. The molecule has 6 atom stereocenters. The SMILES string of the molecule is C[C@H](N)C(=O)NC[C@@H](O)[C@H]1O[C@H](C(=O)O)C[C@@H](O)[C@H]1O. The first-order chi connectivity index (χ1) is 9.23. The third-order valence-electron chi connectivity index (χ3n) is 3.06. The van der Waals surface area contributed by atoms with Crippen LogP contribution in [0.1, 0.15) is 13.3 Å². The highest BCUT2D eigenvalue weighted by molar-refractivity contribution is 5.80. The van der Waals surface area contributed by atoms with Gasteiger partial charge < -0.3 is 36.2 Å². The van der Waals surface area contributed by atoms with Crippen LogP contribution in [0.4, 0.5) is 0 Å². The normalized spacial score (nSPS) is 33.2. The predicted molar refractivity (Wildman–Crippen MR) is 65.6 cm³/mol. The Labute approximate surface area is 115 Å². The Morgan fingerprint density at radius 3 is 2.55 bits per heavy atom. The van der Waals surface area contributed by atoms with Crippen molar-refractivity contribution in [1.29, 1.82) is 0 Å². The molecular formula is C11H20N2O7. The van der Waals surface area contributed by atoms with Crippen molar-refractivity contribution in [2.24, 2.45) is 5.73 Å². The molecule has 20 heavy (non-hydrogen) atoms. The number of hydrogen-bond acceptors (Lipinski definition) is 7. The molecule has 7 N–H and O–H groups in total. The molecule has 116 valence electrons. The van der Waals surface area contributed by atoms with E-state index in [9.17, 15) is 24.9 Å². The van der Waals surface area contributed by atoms with E-state index in [1.165, 1.54) is 6.92 Å². The second-order valence-electron chi connectivity index (χ2n) is 4.82. The molecule has 9 heteroatoms. The van der Waals surface area contributed by atoms with Gasteiger partial charge in [-0.25, -0.2) is 4.79 Å². The van der Waals surface area contributed by atoms with E-state index in [1.807, 2.05) is 0 Å². The Morgan fingerprint density at radius 1 is 1.45 bits per heavy atom. The fourth-order valence-corrected chi connectivity index (χ4v) is 1.86. The number of hydrogen-bond donors (Lipinski definition) is 6.